The highest BCUT2D eigenvalue weighted by Gasteiger charge is 2.17. The van der Waals surface area contributed by atoms with Crippen molar-refractivity contribution >= 4 is 12.4 Å². The largest absolute Gasteiger partial charge is 0.339 e. The Kier molecular flexibility index (Phi) is 5.31. The van der Waals surface area contributed by atoms with Gasteiger partial charge in [0.1, 0.15) is 5.82 Å². The Hall–Kier alpha value is -1.46. The lowest BCUT2D eigenvalue weighted by atomic mass is 9.95. The van der Waals surface area contributed by atoms with Crippen LogP contribution in [-0.4, -0.2) is 23.2 Å². The van der Waals surface area contributed by atoms with E-state index in [-0.39, 0.29) is 18.2 Å². The number of hydrogen-bond donors (Lipinski definition) is 1. The first-order valence-corrected chi connectivity index (χ1v) is 7.02. The molecule has 0 radical (unpaired) electrons. The number of rotatable bonds is 3. The molecule has 3 rings (SSSR count). The van der Waals surface area contributed by atoms with Gasteiger partial charge < -0.3 is 9.84 Å². The quantitative estimate of drug-likeness (QED) is 0.946. The summed E-state index contributed by atoms with van der Waals surface area (Å²) in [6.07, 6.45) is 3.12. The van der Waals surface area contributed by atoms with Crippen LogP contribution in [0.1, 0.15) is 24.3 Å². The number of hydrogen-bond acceptors (Lipinski definition) is 4. The zero-order chi connectivity index (χ0) is 13.9. The molecule has 2 heterocycles. The van der Waals surface area contributed by atoms with Crippen LogP contribution < -0.4 is 5.32 Å². The maximum atomic E-state index is 13.3. The van der Waals surface area contributed by atoms with Crippen molar-refractivity contribution in [3.63, 3.8) is 0 Å². The zero-order valence-electron chi connectivity index (χ0n) is 11.9. The van der Waals surface area contributed by atoms with Gasteiger partial charge in [0.15, 0.2) is 0 Å². The first-order chi connectivity index (χ1) is 9.72. The lowest BCUT2D eigenvalue weighted by Gasteiger charge is -2.20. The average Bonchev–Trinajstić information content (AvgIpc) is 2.91. The highest BCUT2D eigenvalue weighted by Crippen LogP contribution is 2.21. The smallest absolute Gasteiger partial charge is 0.227 e. The van der Waals surface area contributed by atoms with E-state index >= 15 is 0 Å². The maximum Gasteiger partial charge on any atom is 0.227 e. The summed E-state index contributed by atoms with van der Waals surface area (Å²) < 4.78 is 18.6. The van der Waals surface area contributed by atoms with Crippen LogP contribution in [0.2, 0.25) is 0 Å². The van der Waals surface area contributed by atoms with Gasteiger partial charge in [0.2, 0.25) is 11.7 Å². The van der Waals surface area contributed by atoms with E-state index in [1.54, 1.807) is 19.1 Å². The Morgan fingerprint density at radius 3 is 2.81 bits per heavy atom. The van der Waals surface area contributed by atoms with E-state index in [1.807, 2.05) is 0 Å². The van der Waals surface area contributed by atoms with Crippen LogP contribution in [0.15, 0.2) is 22.7 Å². The van der Waals surface area contributed by atoms with Crippen molar-refractivity contribution in [3.05, 3.63) is 35.5 Å². The third-order valence-corrected chi connectivity index (χ3v) is 3.81. The summed E-state index contributed by atoms with van der Waals surface area (Å²) in [6, 6.07) is 4.86. The summed E-state index contributed by atoms with van der Waals surface area (Å²) in [7, 11) is 0. The molecule has 0 spiro atoms. The fourth-order valence-electron chi connectivity index (χ4n) is 2.57. The van der Waals surface area contributed by atoms with Crippen LogP contribution in [0.4, 0.5) is 4.39 Å². The van der Waals surface area contributed by atoms with Crippen molar-refractivity contribution in [1.29, 1.82) is 0 Å². The van der Waals surface area contributed by atoms with Gasteiger partial charge in [-0.05, 0) is 62.5 Å². The lowest BCUT2D eigenvalue weighted by Crippen LogP contribution is -2.28. The van der Waals surface area contributed by atoms with Gasteiger partial charge in [-0.15, -0.1) is 12.4 Å². The zero-order valence-corrected chi connectivity index (χ0v) is 12.8. The van der Waals surface area contributed by atoms with E-state index in [0.717, 1.165) is 37.9 Å². The van der Waals surface area contributed by atoms with Crippen LogP contribution in [0, 0.1) is 18.7 Å². The molecule has 4 nitrogen and oxygen atoms in total. The molecule has 1 N–H and O–H groups in total. The molecule has 0 bridgehead atoms. The second-order valence-corrected chi connectivity index (χ2v) is 5.37. The molecule has 1 saturated heterocycles. The van der Waals surface area contributed by atoms with Crippen LogP contribution in [0.25, 0.3) is 11.4 Å². The molecule has 114 valence electrons. The SMILES string of the molecule is Cc1cc(-c2noc(CC3CCNCC3)n2)ccc1F.Cl. The number of aromatic nitrogens is 2. The third-order valence-electron chi connectivity index (χ3n) is 3.81. The minimum Gasteiger partial charge on any atom is -0.339 e. The van der Waals surface area contributed by atoms with E-state index in [4.69, 9.17) is 4.52 Å². The molecule has 0 amide bonds. The van der Waals surface area contributed by atoms with E-state index in [9.17, 15) is 4.39 Å². The summed E-state index contributed by atoms with van der Waals surface area (Å²) in [5.74, 6) is 1.61. The molecule has 1 aromatic heterocycles. The van der Waals surface area contributed by atoms with Gasteiger partial charge in [-0.1, -0.05) is 5.16 Å². The van der Waals surface area contributed by atoms with Gasteiger partial charge in [0, 0.05) is 12.0 Å². The molecule has 2 aromatic rings. The molecule has 0 unspecified atom stereocenters. The number of nitrogens with zero attached hydrogens (tertiary/aromatic N) is 2. The van der Waals surface area contributed by atoms with Crippen molar-refractivity contribution in [2.24, 2.45) is 5.92 Å². The Morgan fingerprint density at radius 1 is 1.33 bits per heavy atom. The van der Waals surface area contributed by atoms with E-state index in [1.165, 1.54) is 6.07 Å². The fourth-order valence-corrected chi connectivity index (χ4v) is 2.57. The van der Waals surface area contributed by atoms with Gasteiger partial charge in [-0.3, -0.25) is 0 Å². The predicted molar refractivity (Wildman–Crippen MR) is 81.0 cm³/mol. The summed E-state index contributed by atoms with van der Waals surface area (Å²) >= 11 is 0. The number of nitrogens with one attached hydrogen (secondary N) is 1. The van der Waals surface area contributed by atoms with E-state index in [0.29, 0.717) is 23.2 Å². The standard InChI is InChI=1S/C15H18FN3O.ClH/c1-10-8-12(2-3-13(10)16)15-18-14(20-19-15)9-11-4-6-17-7-5-11;/h2-3,8,11,17H,4-7,9H2,1H3;1H. The van der Waals surface area contributed by atoms with Crippen molar-refractivity contribution in [2.75, 3.05) is 13.1 Å². The molecule has 0 saturated carbocycles. The number of aryl methyl sites for hydroxylation is 1. The average molecular weight is 312 g/mol. The topological polar surface area (TPSA) is 51.0 Å². The molecule has 1 aromatic carbocycles. The monoisotopic (exact) mass is 311 g/mol. The normalized spacial score (nSPS) is 15.7. The molecule has 0 aliphatic carbocycles. The molecule has 1 fully saturated rings. The second kappa shape index (κ2) is 7.00. The van der Waals surface area contributed by atoms with Gasteiger partial charge in [-0.25, -0.2) is 4.39 Å². The highest BCUT2D eigenvalue weighted by atomic mass is 35.5. The second-order valence-electron chi connectivity index (χ2n) is 5.37. The predicted octanol–water partition coefficient (Wildman–Crippen LogP) is 3.15. The van der Waals surface area contributed by atoms with Gasteiger partial charge >= 0.3 is 0 Å². The molecular weight excluding hydrogens is 293 g/mol. The van der Waals surface area contributed by atoms with Gasteiger partial charge in [0.25, 0.3) is 0 Å². The van der Waals surface area contributed by atoms with Gasteiger partial charge in [0.05, 0.1) is 0 Å². The van der Waals surface area contributed by atoms with Crippen molar-refractivity contribution < 1.29 is 8.91 Å². The molecule has 1 aliphatic heterocycles. The minimum atomic E-state index is -0.216. The summed E-state index contributed by atoms with van der Waals surface area (Å²) in [5, 5.41) is 7.34. The van der Waals surface area contributed by atoms with E-state index < -0.39 is 0 Å². The molecular formula is C15H19ClFN3O. The Labute approximate surface area is 129 Å². The first-order valence-electron chi connectivity index (χ1n) is 7.02. The lowest BCUT2D eigenvalue weighted by molar-refractivity contribution is 0.313. The maximum absolute atomic E-state index is 13.3. The molecule has 21 heavy (non-hydrogen) atoms. The van der Waals surface area contributed by atoms with Crippen LogP contribution in [0.5, 0.6) is 0 Å². The minimum absolute atomic E-state index is 0. The first kappa shape index (κ1) is 15.9. The van der Waals surface area contributed by atoms with Crippen LogP contribution in [0.3, 0.4) is 0 Å². The highest BCUT2D eigenvalue weighted by molar-refractivity contribution is 5.85. The third kappa shape index (κ3) is 3.80. The molecule has 1 aliphatic rings. The van der Waals surface area contributed by atoms with Crippen molar-refractivity contribution in [1.82, 2.24) is 15.5 Å². The summed E-state index contributed by atoms with van der Waals surface area (Å²) in [5.41, 5.74) is 1.39. The Morgan fingerprint density at radius 2 is 2.10 bits per heavy atom. The van der Waals surface area contributed by atoms with Crippen LogP contribution in [-0.2, 0) is 6.42 Å². The number of halogens is 2. The number of benzene rings is 1. The van der Waals surface area contributed by atoms with E-state index in [2.05, 4.69) is 15.5 Å². The van der Waals surface area contributed by atoms with Crippen LogP contribution >= 0.6 is 12.4 Å². The number of piperidine rings is 1. The van der Waals surface area contributed by atoms with Crippen molar-refractivity contribution in [2.45, 2.75) is 26.2 Å². The van der Waals surface area contributed by atoms with Crippen molar-refractivity contribution in [3.8, 4) is 11.4 Å². The fraction of sp³-hybridized carbons (Fsp3) is 0.467. The summed E-state index contributed by atoms with van der Waals surface area (Å²) in [4.78, 5) is 4.42. The van der Waals surface area contributed by atoms with Gasteiger partial charge in [-0.2, -0.15) is 4.98 Å². The Bertz CT molecular complexity index is 596. The summed E-state index contributed by atoms with van der Waals surface area (Å²) in [6.45, 7) is 3.85. The Balaban J connectivity index is 0.00000161. The molecule has 0 atom stereocenters. The molecule has 6 heteroatoms.